The molecule has 1 aromatic carbocycles. The van der Waals surface area contributed by atoms with Gasteiger partial charge in [-0.2, -0.15) is 0 Å². The number of ether oxygens (including phenoxy) is 1. The number of anilines is 1. The summed E-state index contributed by atoms with van der Waals surface area (Å²) < 4.78 is 5.37. The van der Waals surface area contributed by atoms with Crippen LogP contribution in [0.25, 0.3) is 0 Å². The van der Waals surface area contributed by atoms with Gasteiger partial charge < -0.3 is 19.9 Å². The fraction of sp³-hybridized carbons (Fsp3) is 0.556. The SMILES string of the molecule is CCOCCCNC(=NCC(=O)N(C)C)N1CCc2ccccc21.I. The molecule has 0 fully saturated rings. The monoisotopic (exact) mass is 460 g/mol. The molecule has 1 amide bonds. The summed E-state index contributed by atoms with van der Waals surface area (Å²) in [5.41, 5.74) is 2.49. The van der Waals surface area contributed by atoms with Gasteiger partial charge >= 0.3 is 0 Å². The van der Waals surface area contributed by atoms with Crippen LogP contribution in [0, 0.1) is 0 Å². The summed E-state index contributed by atoms with van der Waals surface area (Å²) in [5, 5.41) is 3.38. The number of guanidine groups is 1. The average Bonchev–Trinajstić information content (AvgIpc) is 3.01. The first-order chi connectivity index (χ1) is 11.6. The van der Waals surface area contributed by atoms with Gasteiger partial charge in [-0.05, 0) is 31.4 Å². The molecule has 0 saturated heterocycles. The molecule has 25 heavy (non-hydrogen) atoms. The van der Waals surface area contributed by atoms with E-state index in [9.17, 15) is 4.79 Å². The second-order valence-corrected chi connectivity index (χ2v) is 5.94. The normalized spacial score (nSPS) is 13.2. The van der Waals surface area contributed by atoms with Crippen LogP contribution >= 0.6 is 24.0 Å². The van der Waals surface area contributed by atoms with E-state index >= 15 is 0 Å². The molecule has 0 bridgehead atoms. The molecule has 1 heterocycles. The van der Waals surface area contributed by atoms with Crippen molar-refractivity contribution in [1.82, 2.24) is 10.2 Å². The molecule has 1 aliphatic rings. The number of hydrogen-bond acceptors (Lipinski definition) is 3. The van der Waals surface area contributed by atoms with E-state index in [1.807, 2.05) is 13.0 Å². The summed E-state index contributed by atoms with van der Waals surface area (Å²) in [4.78, 5) is 20.1. The maximum absolute atomic E-state index is 11.9. The smallest absolute Gasteiger partial charge is 0.243 e. The highest BCUT2D eigenvalue weighted by Crippen LogP contribution is 2.27. The molecule has 140 valence electrons. The van der Waals surface area contributed by atoms with Crippen molar-refractivity contribution >= 4 is 41.5 Å². The molecular weight excluding hydrogens is 431 g/mol. The number of para-hydroxylation sites is 1. The van der Waals surface area contributed by atoms with Crippen LogP contribution in [0.1, 0.15) is 18.9 Å². The predicted molar refractivity (Wildman–Crippen MR) is 113 cm³/mol. The standard InChI is InChI=1S/C18H28N4O2.HI/c1-4-24-13-7-11-19-18(20-14-17(23)21(2)3)22-12-10-15-8-5-6-9-16(15)22;/h5-6,8-9H,4,7,10-14H2,1-3H3,(H,19,20);1H. The Morgan fingerprint density at radius 3 is 2.84 bits per heavy atom. The zero-order valence-corrected chi connectivity index (χ0v) is 17.7. The van der Waals surface area contributed by atoms with Crippen molar-refractivity contribution in [3.8, 4) is 0 Å². The maximum atomic E-state index is 11.9. The van der Waals surface area contributed by atoms with Crippen molar-refractivity contribution < 1.29 is 9.53 Å². The van der Waals surface area contributed by atoms with Crippen molar-refractivity contribution in [3.63, 3.8) is 0 Å². The molecule has 1 N–H and O–H groups in total. The number of carbonyl (C=O) groups is 1. The Kier molecular flexibility index (Phi) is 9.81. The molecule has 0 atom stereocenters. The number of nitrogens with one attached hydrogen (secondary N) is 1. The highest BCUT2D eigenvalue weighted by atomic mass is 127. The molecular formula is C18H29IN4O2. The van der Waals surface area contributed by atoms with Crippen LogP contribution in [0.15, 0.2) is 29.3 Å². The molecule has 0 saturated carbocycles. The molecule has 0 aromatic heterocycles. The van der Waals surface area contributed by atoms with Gasteiger partial charge in [-0.15, -0.1) is 24.0 Å². The second-order valence-electron chi connectivity index (χ2n) is 5.94. The molecule has 2 rings (SSSR count). The largest absolute Gasteiger partial charge is 0.382 e. The van der Waals surface area contributed by atoms with E-state index in [-0.39, 0.29) is 36.4 Å². The first kappa shape index (κ1) is 21.7. The van der Waals surface area contributed by atoms with Crippen LogP contribution in [-0.2, 0) is 16.0 Å². The summed E-state index contributed by atoms with van der Waals surface area (Å²) in [7, 11) is 3.50. The molecule has 1 aromatic rings. The Bertz CT molecular complexity index is 578. The van der Waals surface area contributed by atoms with E-state index in [1.54, 1.807) is 19.0 Å². The molecule has 0 radical (unpaired) electrons. The second kappa shape index (κ2) is 11.3. The van der Waals surface area contributed by atoms with Gasteiger partial charge in [0.2, 0.25) is 5.91 Å². The summed E-state index contributed by atoms with van der Waals surface area (Å²) in [6.07, 6.45) is 1.90. The van der Waals surface area contributed by atoms with E-state index in [1.165, 1.54) is 11.3 Å². The summed E-state index contributed by atoms with van der Waals surface area (Å²) in [6, 6.07) is 8.35. The van der Waals surface area contributed by atoms with E-state index < -0.39 is 0 Å². The van der Waals surface area contributed by atoms with Crippen molar-refractivity contribution in [1.29, 1.82) is 0 Å². The first-order valence-electron chi connectivity index (χ1n) is 8.55. The van der Waals surface area contributed by atoms with Crippen molar-refractivity contribution in [3.05, 3.63) is 29.8 Å². The number of benzene rings is 1. The van der Waals surface area contributed by atoms with E-state index in [2.05, 4.69) is 33.4 Å². The Labute approximate surface area is 167 Å². The highest BCUT2D eigenvalue weighted by molar-refractivity contribution is 14.0. The third-order valence-electron chi connectivity index (χ3n) is 3.96. The number of likely N-dealkylation sites (N-methyl/N-ethyl adjacent to an activating group) is 1. The number of aliphatic imine (C=N–C) groups is 1. The fourth-order valence-electron chi connectivity index (χ4n) is 2.60. The average molecular weight is 460 g/mol. The molecule has 6 nitrogen and oxygen atoms in total. The Hall–Kier alpha value is -1.35. The number of rotatable bonds is 7. The number of amides is 1. The summed E-state index contributed by atoms with van der Waals surface area (Å²) in [6.45, 7) is 5.26. The fourth-order valence-corrected chi connectivity index (χ4v) is 2.60. The summed E-state index contributed by atoms with van der Waals surface area (Å²) in [5.74, 6) is 0.766. The first-order valence-corrected chi connectivity index (χ1v) is 8.55. The highest BCUT2D eigenvalue weighted by Gasteiger charge is 2.22. The Morgan fingerprint density at radius 1 is 1.36 bits per heavy atom. The quantitative estimate of drug-likeness (QED) is 0.293. The van der Waals surface area contributed by atoms with Crippen LogP contribution in [0.4, 0.5) is 5.69 Å². The summed E-state index contributed by atoms with van der Waals surface area (Å²) >= 11 is 0. The third-order valence-corrected chi connectivity index (χ3v) is 3.96. The van der Waals surface area contributed by atoms with Gasteiger partial charge in [-0.3, -0.25) is 4.79 Å². The van der Waals surface area contributed by atoms with Gasteiger partial charge in [0.05, 0.1) is 0 Å². The lowest BCUT2D eigenvalue weighted by molar-refractivity contribution is -0.127. The van der Waals surface area contributed by atoms with Crippen molar-refractivity contribution in [2.75, 3.05) is 51.8 Å². The van der Waals surface area contributed by atoms with Gasteiger partial charge in [0.15, 0.2) is 5.96 Å². The topological polar surface area (TPSA) is 57.2 Å². The Morgan fingerprint density at radius 2 is 2.12 bits per heavy atom. The molecule has 0 unspecified atom stereocenters. The van der Waals surface area contributed by atoms with E-state index in [0.717, 1.165) is 45.1 Å². The minimum atomic E-state index is -0.00361. The minimum absolute atomic E-state index is 0. The van der Waals surface area contributed by atoms with Gasteiger partial charge in [-0.1, -0.05) is 18.2 Å². The van der Waals surface area contributed by atoms with Crippen LogP contribution in [0.2, 0.25) is 0 Å². The van der Waals surface area contributed by atoms with E-state index in [0.29, 0.717) is 0 Å². The number of carbonyl (C=O) groups excluding carboxylic acids is 1. The molecule has 1 aliphatic heterocycles. The van der Waals surface area contributed by atoms with Gasteiger partial charge in [0.25, 0.3) is 0 Å². The Balaban J connectivity index is 0.00000312. The van der Waals surface area contributed by atoms with E-state index in [4.69, 9.17) is 4.74 Å². The minimum Gasteiger partial charge on any atom is -0.382 e. The van der Waals surface area contributed by atoms with Crippen LogP contribution in [-0.4, -0.2) is 63.7 Å². The zero-order chi connectivity index (χ0) is 17.4. The van der Waals surface area contributed by atoms with Crippen molar-refractivity contribution in [2.24, 2.45) is 4.99 Å². The number of nitrogens with zero attached hydrogens (tertiary/aromatic N) is 3. The van der Waals surface area contributed by atoms with Crippen LogP contribution in [0.5, 0.6) is 0 Å². The lowest BCUT2D eigenvalue weighted by Gasteiger charge is -2.23. The molecule has 7 heteroatoms. The van der Waals surface area contributed by atoms with Gasteiger partial charge in [-0.25, -0.2) is 4.99 Å². The van der Waals surface area contributed by atoms with Gasteiger partial charge in [0.1, 0.15) is 6.54 Å². The van der Waals surface area contributed by atoms with Crippen LogP contribution < -0.4 is 10.2 Å². The maximum Gasteiger partial charge on any atom is 0.243 e. The lowest BCUT2D eigenvalue weighted by Crippen LogP contribution is -2.42. The predicted octanol–water partition coefficient (Wildman–Crippen LogP) is 2.13. The third kappa shape index (κ3) is 6.47. The molecule has 0 spiro atoms. The number of halogens is 1. The zero-order valence-electron chi connectivity index (χ0n) is 15.3. The van der Waals surface area contributed by atoms with Crippen LogP contribution in [0.3, 0.4) is 0 Å². The van der Waals surface area contributed by atoms with Gasteiger partial charge in [0, 0.05) is 46.1 Å². The number of fused-ring (bicyclic) bond motifs is 1. The molecule has 0 aliphatic carbocycles. The van der Waals surface area contributed by atoms with Crippen molar-refractivity contribution in [2.45, 2.75) is 19.8 Å². The lowest BCUT2D eigenvalue weighted by atomic mass is 10.2. The number of hydrogen-bond donors (Lipinski definition) is 1.